The molecule has 0 radical (unpaired) electrons. The lowest BCUT2D eigenvalue weighted by atomic mass is 10.2. The van der Waals surface area contributed by atoms with Crippen molar-refractivity contribution < 1.29 is 14.3 Å². The van der Waals surface area contributed by atoms with E-state index in [4.69, 9.17) is 5.73 Å². The standard InChI is InChI=1S/C14H15N3O3S/c1-8(15)13-17-11(7-21-13)12(18)16-10-5-3-4-9(6-10)14(19)20-2/h3-8H,15H2,1-2H3,(H,16,18). The molecule has 1 aromatic carbocycles. The molecule has 1 atom stereocenters. The quantitative estimate of drug-likeness (QED) is 0.844. The summed E-state index contributed by atoms with van der Waals surface area (Å²) in [5.41, 5.74) is 6.88. The zero-order chi connectivity index (χ0) is 15.4. The molecule has 1 aromatic heterocycles. The van der Waals surface area contributed by atoms with Crippen molar-refractivity contribution in [3.05, 3.63) is 45.9 Å². The van der Waals surface area contributed by atoms with Gasteiger partial charge in [-0.05, 0) is 25.1 Å². The van der Waals surface area contributed by atoms with Gasteiger partial charge in [-0.1, -0.05) is 6.07 Å². The summed E-state index contributed by atoms with van der Waals surface area (Å²) in [6.45, 7) is 1.81. The van der Waals surface area contributed by atoms with Crippen LogP contribution in [0.2, 0.25) is 0 Å². The van der Waals surface area contributed by atoms with Gasteiger partial charge >= 0.3 is 5.97 Å². The highest BCUT2D eigenvalue weighted by Gasteiger charge is 2.14. The minimum absolute atomic E-state index is 0.209. The molecule has 3 N–H and O–H groups in total. The molecule has 0 aliphatic heterocycles. The molecule has 2 aromatic rings. The lowest BCUT2D eigenvalue weighted by Gasteiger charge is -2.05. The number of ether oxygens (including phenoxy) is 1. The number of nitrogens with one attached hydrogen (secondary N) is 1. The fraction of sp³-hybridized carbons (Fsp3) is 0.214. The number of hydrogen-bond acceptors (Lipinski definition) is 6. The Kier molecular flexibility index (Phi) is 4.66. The Morgan fingerprint density at radius 1 is 1.43 bits per heavy atom. The van der Waals surface area contributed by atoms with Gasteiger partial charge in [0.2, 0.25) is 0 Å². The monoisotopic (exact) mass is 305 g/mol. The summed E-state index contributed by atoms with van der Waals surface area (Å²) in [4.78, 5) is 27.7. The maximum Gasteiger partial charge on any atom is 0.337 e. The zero-order valence-corrected chi connectivity index (χ0v) is 12.4. The van der Waals surface area contributed by atoms with Crippen molar-refractivity contribution in [2.24, 2.45) is 5.73 Å². The molecular weight excluding hydrogens is 290 g/mol. The van der Waals surface area contributed by atoms with Crippen LogP contribution in [0.15, 0.2) is 29.6 Å². The van der Waals surface area contributed by atoms with Gasteiger partial charge in [-0.2, -0.15) is 0 Å². The van der Waals surface area contributed by atoms with Gasteiger partial charge in [0.1, 0.15) is 10.7 Å². The molecule has 21 heavy (non-hydrogen) atoms. The maximum atomic E-state index is 12.1. The van der Waals surface area contributed by atoms with E-state index in [1.807, 2.05) is 0 Å². The molecule has 110 valence electrons. The average Bonchev–Trinajstić information content (AvgIpc) is 2.97. The molecule has 0 saturated carbocycles. The van der Waals surface area contributed by atoms with Crippen molar-refractivity contribution in [2.75, 3.05) is 12.4 Å². The third-order valence-electron chi connectivity index (χ3n) is 2.69. The first-order valence-corrected chi connectivity index (χ1v) is 7.10. The van der Waals surface area contributed by atoms with Crippen molar-refractivity contribution in [1.82, 2.24) is 4.98 Å². The van der Waals surface area contributed by atoms with Crippen molar-refractivity contribution in [1.29, 1.82) is 0 Å². The van der Waals surface area contributed by atoms with E-state index in [-0.39, 0.29) is 11.9 Å². The number of thiazole rings is 1. The number of nitrogens with two attached hydrogens (primary N) is 1. The van der Waals surface area contributed by atoms with E-state index in [2.05, 4.69) is 15.0 Å². The van der Waals surface area contributed by atoms with Gasteiger partial charge in [0.15, 0.2) is 0 Å². The van der Waals surface area contributed by atoms with Gasteiger partial charge in [0, 0.05) is 11.1 Å². The zero-order valence-electron chi connectivity index (χ0n) is 11.6. The summed E-state index contributed by atoms with van der Waals surface area (Å²) in [5, 5.41) is 5.04. The number of benzene rings is 1. The Balaban J connectivity index is 2.13. The molecule has 1 unspecified atom stereocenters. The number of amides is 1. The molecule has 0 aliphatic rings. The Bertz CT molecular complexity index is 667. The second kappa shape index (κ2) is 6.47. The Hall–Kier alpha value is -2.25. The van der Waals surface area contributed by atoms with Crippen LogP contribution in [0.25, 0.3) is 0 Å². The van der Waals surface area contributed by atoms with Gasteiger partial charge in [-0.15, -0.1) is 11.3 Å². The second-order valence-electron chi connectivity index (χ2n) is 4.39. The largest absolute Gasteiger partial charge is 0.465 e. The molecule has 0 fully saturated rings. The average molecular weight is 305 g/mol. The number of rotatable bonds is 4. The lowest BCUT2D eigenvalue weighted by molar-refractivity contribution is 0.0600. The molecule has 7 heteroatoms. The topological polar surface area (TPSA) is 94.3 Å². The van der Waals surface area contributed by atoms with E-state index < -0.39 is 5.97 Å². The van der Waals surface area contributed by atoms with Crippen molar-refractivity contribution >= 4 is 28.9 Å². The van der Waals surface area contributed by atoms with E-state index in [0.717, 1.165) is 0 Å². The highest BCUT2D eigenvalue weighted by Crippen LogP contribution is 2.18. The minimum atomic E-state index is -0.459. The summed E-state index contributed by atoms with van der Waals surface area (Å²) in [5.74, 6) is -0.806. The summed E-state index contributed by atoms with van der Waals surface area (Å²) in [6, 6.07) is 6.29. The van der Waals surface area contributed by atoms with Crippen LogP contribution in [0.3, 0.4) is 0 Å². The summed E-state index contributed by atoms with van der Waals surface area (Å²) in [7, 11) is 1.30. The van der Waals surface area contributed by atoms with Gasteiger partial charge in [0.05, 0.1) is 18.7 Å². The SMILES string of the molecule is COC(=O)c1cccc(NC(=O)c2csc(C(C)N)n2)c1. The van der Waals surface area contributed by atoms with E-state index in [0.29, 0.717) is 22.0 Å². The first-order valence-electron chi connectivity index (χ1n) is 6.22. The highest BCUT2D eigenvalue weighted by molar-refractivity contribution is 7.09. The number of hydrogen-bond donors (Lipinski definition) is 2. The number of methoxy groups -OCH3 is 1. The van der Waals surface area contributed by atoms with E-state index >= 15 is 0 Å². The normalized spacial score (nSPS) is 11.8. The molecule has 0 bridgehead atoms. The third kappa shape index (κ3) is 3.65. The fourth-order valence-electron chi connectivity index (χ4n) is 1.64. The molecule has 0 spiro atoms. The molecule has 0 aliphatic carbocycles. The highest BCUT2D eigenvalue weighted by atomic mass is 32.1. The number of carbonyl (C=O) groups excluding carboxylic acids is 2. The van der Waals surface area contributed by atoms with Crippen LogP contribution in [-0.4, -0.2) is 24.0 Å². The number of esters is 1. The number of aromatic nitrogens is 1. The fourth-order valence-corrected chi connectivity index (χ4v) is 2.40. The summed E-state index contributed by atoms with van der Waals surface area (Å²) >= 11 is 1.34. The first-order chi connectivity index (χ1) is 10.0. The van der Waals surface area contributed by atoms with Crippen LogP contribution in [0, 0.1) is 0 Å². The second-order valence-corrected chi connectivity index (χ2v) is 5.28. The summed E-state index contributed by atoms with van der Waals surface area (Å²) < 4.78 is 4.63. The van der Waals surface area contributed by atoms with E-state index in [1.54, 1.807) is 36.6 Å². The molecule has 6 nitrogen and oxygen atoms in total. The van der Waals surface area contributed by atoms with E-state index in [9.17, 15) is 9.59 Å². The van der Waals surface area contributed by atoms with Crippen molar-refractivity contribution in [3.8, 4) is 0 Å². The predicted octanol–water partition coefficient (Wildman–Crippen LogP) is 2.20. The van der Waals surface area contributed by atoms with Crippen LogP contribution in [-0.2, 0) is 4.74 Å². The first kappa shape index (κ1) is 15.1. The van der Waals surface area contributed by atoms with Crippen LogP contribution in [0.4, 0.5) is 5.69 Å². The Morgan fingerprint density at radius 2 is 2.19 bits per heavy atom. The Labute approximate surface area is 125 Å². The summed E-state index contributed by atoms with van der Waals surface area (Å²) in [6.07, 6.45) is 0. The number of anilines is 1. The molecule has 0 saturated heterocycles. The van der Waals surface area contributed by atoms with Crippen LogP contribution < -0.4 is 11.1 Å². The third-order valence-corrected chi connectivity index (χ3v) is 3.73. The minimum Gasteiger partial charge on any atom is -0.465 e. The lowest BCUT2D eigenvalue weighted by Crippen LogP contribution is -2.14. The van der Waals surface area contributed by atoms with Crippen LogP contribution >= 0.6 is 11.3 Å². The van der Waals surface area contributed by atoms with Gasteiger partial charge in [-0.25, -0.2) is 9.78 Å². The smallest absolute Gasteiger partial charge is 0.337 e. The number of carbonyl (C=O) groups is 2. The van der Waals surface area contributed by atoms with Crippen LogP contribution in [0.1, 0.15) is 38.8 Å². The maximum absolute atomic E-state index is 12.1. The van der Waals surface area contributed by atoms with Crippen LogP contribution in [0.5, 0.6) is 0 Å². The number of nitrogens with zero attached hydrogens (tertiary/aromatic N) is 1. The Morgan fingerprint density at radius 3 is 2.81 bits per heavy atom. The van der Waals surface area contributed by atoms with Crippen molar-refractivity contribution in [2.45, 2.75) is 13.0 Å². The molecular formula is C14H15N3O3S. The van der Waals surface area contributed by atoms with Gasteiger partial charge in [-0.3, -0.25) is 4.79 Å². The van der Waals surface area contributed by atoms with Gasteiger partial charge in [0.25, 0.3) is 5.91 Å². The molecule has 2 rings (SSSR count). The van der Waals surface area contributed by atoms with Gasteiger partial charge < -0.3 is 15.8 Å². The molecule has 1 heterocycles. The van der Waals surface area contributed by atoms with Crippen molar-refractivity contribution in [3.63, 3.8) is 0 Å². The predicted molar refractivity (Wildman–Crippen MR) is 80.5 cm³/mol. The molecule has 1 amide bonds. The van der Waals surface area contributed by atoms with E-state index in [1.165, 1.54) is 18.4 Å².